The van der Waals surface area contributed by atoms with Gasteiger partial charge in [-0.25, -0.2) is 8.78 Å². The lowest BCUT2D eigenvalue weighted by molar-refractivity contribution is -0.208. The first-order chi connectivity index (χ1) is 4.47. The average Bonchev–Trinajstić information content (AvgIpc) is 2.08. The molecule has 1 aliphatic heterocycles. The molecule has 0 saturated carbocycles. The van der Waals surface area contributed by atoms with E-state index in [2.05, 4.69) is 4.74 Å². The fourth-order valence-corrected chi connectivity index (χ4v) is 0.857. The second-order valence-corrected chi connectivity index (χ2v) is 2.76. The highest BCUT2D eigenvalue weighted by Gasteiger charge is 2.45. The molecule has 4 heteroatoms. The van der Waals surface area contributed by atoms with E-state index in [4.69, 9.17) is 4.74 Å². The van der Waals surface area contributed by atoms with Crippen LogP contribution in [0.25, 0.3) is 0 Å². The molecule has 0 spiro atoms. The normalized spacial score (nSPS) is 48.0. The van der Waals surface area contributed by atoms with E-state index in [1.165, 1.54) is 13.8 Å². The Morgan fingerprint density at radius 3 is 2.30 bits per heavy atom. The molecule has 2 nitrogen and oxygen atoms in total. The Kier molecular flexibility index (Phi) is 1.68. The van der Waals surface area contributed by atoms with Crippen LogP contribution in [0.4, 0.5) is 8.78 Å². The van der Waals surface area contributed by atoms with Crippen LogP contribution in [0.5, 0.6) is 0 Å². The summed E-state index contributed by atoms with van der Waals surface area (Å²) in [4.78, 5) is 0. The average molecular weight is 152 g/mol. The minimum Gasteiger partial charge on any atom is -0.342 e. The van der Waals surface area contributed by atoms with E-state index in [-0.39, 0.29) is 6.61 Å². The molecule has 0 radical (unpaired) electrons. The van der Waals surface area contributed by atoms with Gasteiger partial charge in [-0.3, -0.25) is 0 Å². The van der Waals surface area contributed by atoms with E-state index in [0.717, 1.165) is 0 Å². The molecule has 0 aliphatic carbocycles. The molecule has 60 valence electrons. The van der Waals surface area contributed by atoms with Crippen molar-refractivity contribution in [2.75, 3.05) is 13.3 Å². The third-order valence-corrected chi connectivity index (χ3v) is 1.31. The Hall–Kier alpha value is -0.220. The van der Waals surface area contributed by atoms with Crippen molar-refractivity contribution in [2.24, 2.45) is 0 Å². The molecule has 0 amide bonds. The van der Waals surface area contributed by atoms with Gasteiger partial charge in [0, 0.05) is 0 Å². The molecule has 1 rings (SSSR count). The van der Waals surface area contributed by atoms with Gasteiger partial charge in [0.15, 0.2) is 5.79 Å². The third-order valence-electron chi connectivity index (χ3n) is 1.31. The molecule has 1 saturated heterocycles. The second kappa shape index (κ2) is 2.13. The van der Waals surface area contributed by atoms with E-state index in [9.17, 15) is 8.78 Å². The highest BCUT2D eigenvalue weighted by Crippen LogP contribution is 2.31. The zero-order valence-corrected chi connectivity index (χ0v) is 5.99. The fraction of sp³-hybridized carbons (Fsp3) is 1.00. The summed E-state index contributed by atoms with van der Waals surface area (Å²) >= 11 is 0. The van der Waals surface area contributed by atoms with Gasteiger partial charge >= 0.3 is 0 Å². The molecule has 2 unspecified atom stereocenters. The number of rotatable bonds is 1. The van der Waals surface area contributed by atoms with Gasteiger partial charge in [-0.1, -0.05) is 0 Å². The quantitative estimate of drug-likeness (QED) is 0.565. The molecule has 0 aromatic rings. The maximum absolute atomic E-state index is 12.8. The van der Waals surface area contributed by atoms with Gasteiger partial charge in [0.05, 0.1) is 0 Å². The van der Waals surface area contributed by atoms with Crippen molar-refractivity contribution < 1.29 is 18.3 Å². The maximum atomic E-state index is 12.8. The summed E-state index contributed by atoms with van der Waals surface area (Å²) < 4.78 is 34.1. The predicted molar refractivity (Wildman–Crippen MR) is 30.9 cm³/mol. The van der Waals surface area contributed by atoms with Crippen LogP contribution in [0.2, 0.25) is 0 Å². The molecule has 0 N–H and O–H groups in total. The van der Waals surface area contributed by atoms with Gasteiger partial charge in [-0.15, -0.1) is 0 Å². The highest BCUT2D eigenvalue weighted by atomic mass is 19.2. The molecule has 2 atom stereocenters. The zero-order chi connectivity index (χ0) is 7.83. The first-order valence-corrected chi connectivity index (χ1v) is 3.06. The second-order valence-electron chi connectivity index (χ2n) is 2.76. The van der Waals surface area contributed by atoms with Crippen molar-refractivity contribution in [1.82, 2.24) is 0 Å². The summed E-state index contributed by atoms with van der Waals surface area (Å²) in [5.74, 6) is -3.20. The van der Waals surface area contributed by atoms with Crippen molar-refractivity contribution >= 4 is 0 Å². The Morgan fingerprint density at radius 1 is 1.50 bits per heavy atom. The molecule has 0 aromatic carbocycles. The summed E-state index contributed by atoms with van der Waals surface area (Å²) in [6.45, 7) is 1.56. The Labute approximate surface area is 58.1 Å². The van der Waals surface area contributed by atoms with E-state index in [0.29, 0.717) is 0 Å². The van der Waals surface area contributed by atoms with Crippen LogP contribution < -0.4 is 0 Å². The van der Waals surface area contributed by atoms with Crippen LogP contribution in [0.15, 0.2) is 0 Å². The van der Waals surface area contributed by atoms with Crippen molar-refractivity contribution in [3.05, 3.63) is 0 Å². The summed E-state index contributed by atoms with van der Waals surface area (Å²) in [6, 6.07) is 0. The largest absolute Gasteiger partial charge is 0.342 e. The van der Waals surface area contributed by atoms with E-state index >= 15 is 0 Å². The Morgan fingerprint density at radius 2 is 2.10 bits per heavy atom. The smallest absolute Gasteiger partial charge is 0.232 e. The van der Waals surface area contributed by atoms with Crippen molar-refractivity contribution in [3.63, 3.8) is 0 Å². The molecule has 10 heavy (non-hydrogen) atoms. The molecule has 0 aromatic heterocycles. The van der Waals surface area contributed by atoms with Crippen LogP contribution in [0.3, 0.4) is 0 Å². The lowest BCUT2D eigenvalue weighted by Gasteiger charge is -2.19. The molecule has 1 fully saturated rings. The minimum absolute atomic E-state index is 0.201. The number of hydrogen-bond acceptors (Lipinski definition) is 2. The van der Waals surface area contributed by atoms with E-state index < -0.39 is 18.3 Å². The number of hydrogen-bond donors (Lipinski definition) is 0. The van der Waals surface area contributed by atoms with Gasteiger partial charge < -0.3 is 9.47 Å². The molecule has 1 heterocycles. The van der Waals surface area contributed by atoms with E-state index in [1.807, 2.05) is 0 Å². The topological polar surface area (TPSA) is 18.5 Å². The van der Waals surface area contributed by atoms with Gasteiger partial charge in [0.2, 0.25) is 5.85 Å². The standard InChI is InChI=1S/C6H10F2O2/c1-5(8)4-9-6(2,3-7)10-5/h3-4H2,1-2H3. The van der Waals surface area contributed by atoms with Gasteiger partial charge in [0.1, 0.15) is 13.3 Å². The fourth-order valence-electron chi connectivity index (χ4n) is 0.857. The predicted octanol–water partition coefficient (Wildman–Crippen LogP) is 1.40. The zero-order valence-electron chi connectivity index (χ0n) is 5.99. The van der Waals surface area contributed by atoms with Crippen molar-refractivity contribution in [3.8, 4) is 0 Å². The molecular formula is C6H10F2O2. The van der Waals surface area contributed by atoms with Crippen LogP contribution >= 0.6 is 0 Å². The molecule has 1 aliphatic rings. The van der Waals surface area contributed by atoms with Crippen LogP contribution in [0.1, 0.15) is 13.8 Å². The third kappa shape index (κ3) is 1.44. The van der Waals surface area contributed by atoms with Crippen molar-refractivity contribution in [1.29, 1.82) is 0 Å². The number of alkyl halides is 2. The minimum atomic E-state index is -1.83. The molecule has 0 bridgehead atoms. The van der Waals surface area contributed by atoms with Gasteiger partial charge in [-0.05, 0) is 13.8 Å². The molecular weight excluding hydrogens is 142 g/mol. The lowest BCUT2D eigenvalue weighted by Crippen LogP contribution is -2.31. The summed E-state index contributed by atoms with van der Waals surface area (Å²) in [5.41, 5.74) is 0. The number of ether oxygens (including phenoxy) is 2. The van der Waals surface area contributed by atoms with Crippen molar-refractivity contribution in [2.45, 2.75) is 25.5 Å². The highest BCUT2D eigenvalue weighted by molar-refractivity contribution is 4.76. The summed E-state index contributed by atoms with van der Waals surface area (Å²) in [5, 5.41) is 0. The number of halogens is 2. The first kappa shape index (κ1) is 7.88. The first-order valence-electron chi connectivity index (χ1n) is 3.06. The Bertz CT molecular complexity index is 138. The summed E-state index contributed by atoms with van der Waals surface area (Å²) in [7, 11) is 0. The Balaban J connectivity index is 2.57. The SMILES string of the molecule is CC1(F)COC(C)(CF)O1. The summed E-state index contributed by atoms with van der Waals surface area (Å²) in [6.07, 6.45) is 0. The van der Waals surface area contributed by atoms with Crippen LogP contribution in [-0.2, 0) is 9.47 Å². The van der Waals surface area contributed by atoms with Gasteiger partial charge in [-0.2, -0.15) is 0 Å². The monoisotopic (exact) mass is 152 g/mol. The van der Waals surface area contributed by atoms with Crippen LogP contribution in [-0.4, -0.2) is 24.9 Å². The van der Waals surface area contributed by atoms with Crippen LogP contribution in [0, 0.1) is 0 Å². The maximum Gasteiger partial charge on any atom is 0.232 e. The van der Waals surface area contributed by atoms with Gasteiger partial charge in [0.25, 0.3) is 0 Å². The lowest BCUT2D eigenvalue weighted by atomic mass is 10.4. The van der Waals surface area contributed by atoms with E-state index in [1.54, 1.807) is 0 Å².